The van der Waals surface area contributed by atoms with Crippen molar-refractivity contribution in [3.05, 3.63) is 57.6 Å². The van der Waals surface area contributed by atoms with Gasteiger partial charge in [-0.05, 0) is 42.5 Å². The van der Waals surface area contributed by atoms with E-state index in [1.165, 1.54) is 10.8 Å². The zero-order chi connectivity index (χ0) is 20.4. The van der Waals surface area contributed by atoms with Crippen LogP contribution in [0.25, 0.3) is 5.78 Å². The Balaban J connectivity index is 1.46. The molecule has 0 spiro atoms. The average Bonchev–Trinajstić information content (AvgIpc) is 3.02. The molecule has 3 aromatic rings. The van der Waals surface area contributed by atoms with Crippen LogP contribution < -0.4 is 15.9 Å². The summed E-state index contributed by atoms with van der Waals surface area (Å²) in [6.45, 7) is 4.32. The molecule has 4 rings (SSSR count). The lowest BCUT2D eigenvalue weighted by Gasteiger charge is -2.31. The highest BCUT2D eigenvalue weighted by Crippen LogP contribution is 2.21. The summed E-state index contributed by atoms with van der Waals surface area (Å²) >= 11 is 5.86. The zero-order valence-electron chi connectivity index (χ0n) is 16.2. The van der Waals surface area contributed by atoms with Crippen LogP contribution in [-0.2, 0) is 17.9 Å². The van der Waals surface area contributed by atoms with Gasteiger partial charge in [-0.15, -0.1) is 5.10 Å². The molecular formula is C20H23ClN6O2. The first kappa shape index (κ1) is 19.4. The van der Waals surface area contributed by atoms with Gasteiger partial charge in [-0.2, -0.15) is 4.98 Å². The number of rotatable bonds is 5. The molecule has 1 atom stereocenters. The summed E-state index contributed by atoms with van der Waals surface area (Å²) in [4.78, 5) is 31.5. The maximum atomic E-state index is 12.5. The number of anilines is 1. The molecule has 0 unspecified atom stereocenters. The number of aromatic nitrogens is 4. The maximum absolute atomic E-state index is 12.5. The Morgan fingerprint density at radius 1 is 1.28 bits per heavy atom. The van der Waals surface area contributed by atoms with Gasteiger partial charge in [-0.3, -0.25) is 4.79 Å². The van der Waals surface area contributed by atoms with E-state index in [9.17, 15) is 9.59 Å². The van der Waals surface area contributed by atoms with Gasteiger partial charge in [0.15, 0.2) is 0 Å². The lowest BCUT2D eigenvalue weighted by atomic mass is 10.0. The van der Waals surface area contributed by atoms with Gasteiger partial charge in [-0.25, -0.2) is 13.9 Å². The van der Waals surface area contributed by atoms with Crippen molar-refractivity contribution in [2.45, 2.75) is 32.9 Å². The molecule has 1 aliphatic heterocycles. The van der Waals surface area contributed by atoms with Gasteiger partial charge >= 0.3 is 5.69 Å². The molecule has 3 heterocycles. The van der Waals surface area contributed by atoms with Crippen LogP contribution in [-0.4, -0.2) is 38.2 Å². The van der Waals surface area contributed by atoms with Crippen molar-refractivity contribution < 1.29 is 4.79 Å². The van der Waals surface area contributed by atoms with Crippen LogP contribution in [0, 0.1) is 5.92 Å². The van der Waals surface area contributed by atoms with Crippen molar-refractivity contribution in [3.63, 3.8) is 0 Å². The molecule has 29 heavy (non-hydrogen) atoms. The predicted molar refractivity (Wildman–Crippen MR) is 111 cm³/mol. The van der Waals surface area contributed by atoms with Crippen molar-refractivity contribution in [2.75, 3.05) is 18.0 Å². The molecule has 1 aliphatic rings. The third-order valence-electron chi connectivity index (χ3n) is 5.12. The predicted octanol–water partition coefficient (Wildman–Crippen LogP) is 2.10. The number of piperidine rings is 1. The molecule has 1 aromatic carbocycles. The first-order chi connectivity index (χ1) is 14.0. The topological polar surface area (TPSA) is 84.5 Å². The van der Waals surface area contributed by atoms with Gasteiger partial charge in [0.2, 0.25) is 5.91 Å². The summed E-state index contributed by atoms with van der Waals surface area (Å²) in [7, 11) is 0. The van der Waals surface area contributed by atoms with Crippen molar-refractivity contribution in [1.82, 2.24) is 24.5 Å². The fourth-order valence-electron chi connectivity index (χ4n) is 3.57. The number of hydrogen-bond donors (Lipinski definition) is 1. The second-order valence-corrected chi connectivity index (χ2v) is 7.93. The first-order valence-corrected chi connectivity index (χ1v) is 10.1. The zero-order valence-corrected chi connectivity index (χ0v) is 17.0. The molecule has 152 valence electrons. The minimum atomic E-state index is -0.382. The van der Waals surface area contributed by atoms with Crippen molar-refractivity contribution in [2.24, 2.45) is 5.92 Å². The Hall–Kier alpha value is -2.87. The van der Waals surface area contributed by atoms with E-state index in [1.807, 2.05) is 18.2 Å². The Kier molecular flexibility index (Phi) is 5.53. The Morgan fingerprint density at radius 2 is 2.07 bits per heavy atom. The second-order valence-electron chi connectivity index (χ2n) is 7.49. The number of carbonyl (C=O) groups excluding carboxylic acids is 1. The van der Waals surface area contributed by atoms with E-state index in [0.717, 1.165) is 35.6 Å². The normalized spacial score (nSPS) is 16.9. The van der Waals surface area contributed by atoms with Gasteiger partial charge < -0.3 is 10.2 Å². The molecule has 9 heteroatoms. The van der Waals surface area contributed by atoms with E-state index in [0.29, 0.717) is 23.3 Å². The summed E-state index contributed by atoms with van der Waals surface area (Å²) in [5.41, 5.74) is 0.542. The van der Waals surface area contributed by atoms with Crippen LogP contribution in [0.1, 0.15) is 25.3 Å². The molecule has 0 aliphatic carbocycles. The van der Waals surface area contributed by atoms with Crippen molar-refractivity contribution in [1.29, 1.82) is 0 Å². The van der Waals surface area contributed by atoms with Gasteiger partial charge in [0.05, 0.1) is 0 Å². The van der Waals surface area contributed by atoms with Crippen LogP contribution in [0.4, 0.5) is 5.82 Å². The average molecular weight is 415 g/mol. The first-order valence-electron chi connectivity index (χ1n) is 9.72. The van der Waals surface area contributed by atoms with E-state index in [4.69, 9.17) is 11.6 Å². The maximum Gasteiger partial charge on any atom is 0.352 e. The molecule has 1 N–H and O–H groups in total. The Morgan fingerprint density at radius 3 is 2.83 bits per heavy atom. The number of halogens is 1. The number of amides is 1. The highest BCUT2D eigenvalue weighted by atomic mass is 35.5. The van der Waals surface area contributed by atoms with Gasteiger partial charge in [0, 0.05) is 30.9 Å². The fraction of sp³-hybridized carbons (Fsp3) is 0.400. The highest BCUT2D eigenvalue weighted by Gasteiger charge is 2.19. The molecule has 0 saturated carbocycles. The van der Waals surface area contributed by atoms with Gasteiger partial charge in [-0.1, -0.05) is 30.7 Å². The van der Waals surface area contributed by atoms with E-state index in [1.54, 1.807) is 18.3 Å². The van der Waals surface area contributed by atoms with Crippen LogP contribution in [0.5, 0.6) is 0 Å². The molecule has 1 fully saturated rings. The van der Waals surface area contributed by atoms with Gasteiger partial charge in [0.25, 0.3) is 5.78 Å². The van der Waals surface area contributed by atoms with Crippen molar-refractivity contribution in [3.8, 4) is 0 Å². The monoisotopic (exact) mass is 414 g/mol. The Labute approximate surface area is 173 Å². The minimum absolute atomic E-state index is 0.161. The Bertz CT molecular complexity index is 1070. The van der Waals surface area contributed by atoms with E-state index < -0.39 is 0 Å². The fourth-order valence-corrected chi connectivity index (χ4v) is 3.69. The summed E-state index contributed by atoms with van der Waals surface area (Å²) in [5, 5.41) is 7.67. The van der Waals surface area contributed by atoms with E-state index in [2.05, 4.69) is 27.2 Å². The molecule has 2 aromatic heterocycles. The second kappa shape index (κ2) is 8.24. The summed E-state index contributed by atoms with van der Waals surface area (Å²) in [6, 6.07) is 9.04. The SMILES string of the molecule is C[C@@H]1CCCN(c2ccn3c(=O)n(CC(=O)NCc4ccc(Cl)cc4)nc3n2)C1. The quantitative estimate of drug-likeness (QED) is 0.691. The summed E-state index contributed by atoms with van der Waals surface area (Å²) in [6.07, 6.45) is 4.02. The number of fused-ring (bicyclic) bond motifs is 1. The molecular weight excluding hydrogens is 392 g/mol. The standard InChI is InChI=1S/C20H23ClN6O2/c1-14-3-2-9-25(12-14)17-8-10-26-19(23-17)24-27(20(26)29)13-18(28)22-11-15-4-6-16(21)7-5-15/h4-8,10,14H,2-3,9,11-13H2,1H3,(H,22,28)/t14-/m1/s1. The van der Waals surface area contributed by atoms with Crippen LogP contribution in [0.15, 0.2) is 41.3 Å². The van der Waals surface area contributed by atoms with Crippen LogP contribution in [0.3, 0.4) is 0 Å². The van der Waals surface area contributed by atoms with Crippen molar-refractivity contribution >= 4 is 29.1 Å². The van der Waals surface area contributed by atoms with E-state index >= 15 is 0 Å². The summed E-state index contributed by atoms with van der Waals surface area (Å²) < 4.78 is 2.51. The lowest BCUT2D eigenvalue weighted by molar-refractivity contribution is -0.122. The minimum Gasteiger partial charge on any atom is -0.356 e. The van der Waals surface area contributed by atoms with Gasteiger partial charge in [0.1, 0.15) is 12.4 Å². The molecule has 8 nitrogen and oxygen atoms in total. The molecule has 0 radical (unpaired) electrons. The number of benzene rings is 1. The molecule has 0 bridgehead atoms. The number of nitrogens with zero attached hydrogens (tertiary/aromatic N) is 5. The largest absolute Gasteiger partial charge is 0.356 e. The third-order valence-corrected chi connectivity index (χ3v) is 5.37. The molecule has 1 saturated heterocycles. The van der Waals surface area contributed by atoms with Crippen LogP contribution >= 0.6 is 11.6 Å². The third kappa shape index (κ3) is 4.42. The molecule has 1 amide bonds. The number of nitrogens with one attached hydrogen (secondary N) is 1. The lowest BCUT2D eigenvalue weighted by Crippen LogP contribution is -2.35. The number of carbonyl (C=O) groups is 1. The smallest absolute Gasteiger partial charge is 0.352 e. The highest BCUT2D eigenvalue weighted by molar-refractivity contribution is 6.30. The van der Waals surface area contributed by atoms with Crippen LogP contribution in [0.2, 0.25) is 5.02 Å². The van der Waals surface area contributed by atoms with E-state index in [-0.39, 0.29) is 18.1 Å². The summed E-state index contributed by atoms with van der Waals surface area (Å²) in [5.74, 6) is 1.44. The number of hydrogen-bond acceptors (Lipinski definition) is 5.